The first kappa shape index (κ1) is 21.7. The van der Waals surface area contributed by atoms with E-state index in [-0.39, 0.29) is 16.8 Å². The standard InChI is InChI=1S/C23H38O2/c1-17(2)16-25-21(24)19-12-9-13-20(15-19)23(7,8)14-10-11-18(3)22(4,5)6/h11-13,17H,9-10,14-16H2,1-8H3/b18-11+. The van der Waals surface area contributed by atoms with Crippen LogP contribution in [0.3, 0.4) is 0 Å². The Bertz CT molecular complexity index is 551. The first-order valence-electron chi connectivity index (χ1n) is 9.66. The lowest BCUT2D eigenvalue weighted by Crippen LogP contribution is -2.20. The summed E-state index contributed by atoms with van der Waals surface area (Å²) in [5, 5.41) is 0. The Labute approximate surface area is 155 Å². The first-order chi connectivity index (χ1) is 11.4. The molecule has 142 valence electrons. The molecule has 0 aliphatic heterocycles. The Morgan fingerprint density at radius 2 is 1.84 bits per heavy atom. The summed E-state index contributed by atoms with van der Waals surface area (Å²) in [6, 6.07) is 0. The van der Waals surface area contributed by atoms with Crippen molar-refractivity contribution in [3.63, 3.8) is 0 Å². The number of hydrogen-bond acceptors (Lipinski definition) is 2. The van der Waals surface area contributed by atoms with Crippen molar-refractivity contribution >= 4 is 5.97 Å². The van der Waals surface area contributed by atoms with Gasteiger partial charge in [-0.2, -0.15) is 0 Å². The van der Waals surface area contributed by atoms with Gasteiger partial charge in [0, 0.05) is 12.0 Å². The van der Waals surface area contributed by atoms with Crippen LogP contribution in [0.25, 0.3) is 0 Å². The number of esters is 1. The van der Waals surface area contributed by atoms with E-state index in [1.165, 1.54) is 11.1 Å². The van der Waals surface area contributed by atoms with Gasteiger partial charge in [-0.15, -0.1) is 0 Å². The zero-order valence-electron chi connectivity index (χ0n) is 17.7. The van der Waals surface area contributed by atoms with Gasteiger partial charge in [0.15, 0.2) is 0 Å². The second-order valence-corrected chi connectivity index (χ2v) is 9.42. The molecule has 0 saturated heterocycles. The van der Waals surface area contributed by atoms with Gasteiger partial charge >= 0.3 is 5.97 Å². The molecular formula is C23H38O2. The number of carbonyl (C=O) groups is 1. The highest BCUT2D eigenvalue weighted by molar-refractivity contribution is 5.89. The second kappa shape index (κ2) is 8.87. The van der Waals surface area contributed by atoms with Crippen molar-refractivity contribution in [2.24, 2.45) is 16.7 Å². The molecule has 0 radical (unpaired) electrons. The lowest BCUT2D eigenvalue weighted by molar-refractivity contribution is -0.140. The molecule has 0 aromatic heterocycles. The van der Waals surface area contributed by atoms with Gasteiger partial charge < -0.3 is 4.74 Å². The quantitative estimate of drug-likeness (QED) is 0.382. The highest BCUT2D eigenvalue weighted by Crippen LogP contribution is 2.38. The fourth-order valence-electron chi connectivity index (χ4n) is 2.82. The Morgan fingerprint density at radius 1 is 1.20 bits per heavy atom. The van der Waals surface area contributed by atoms with Crippen LogP contribution < -0.4 is 0 Å². The smallest absolute Gasteiger partial charge is 0.334 e. The molecule has 0 aromatic carbocycles. The average Bonchev–Trinajstić information content (AvgIpc) is 2.51. The molecule has 1 aliphatic rings. The van der Waals surface area contributed by atoms with Crippen molar-refractivity contribution in [2.45, 2.75) is 81.1 Å². The van der Waals surface area contributed by atoms with Crippen molar-refractivity contribution < 1.29 is 9.53 Å². The third-order valence-corrected chi connectivity index (χ3v) is 5.19. The van der Waals surface area contributed by atoms with Crippen LogP contribution in [0, 0.1) is 16.7 Å². The van der Waals surface area contributed by atoms with Gasteiger partial charge in [-0.25, -0.2) is 4.79 Å². The third-order valence-electron chi connectivity index (χ3n) is 5.19. The van der Waals surface area contributed by atoms with Crippen LogP contribution in [0.2, 0.25) is 0 Å². The molecule has 25 heavy (non-hydrogen) atoms. The monoisotopic (exact) mass is 346 g/mol. The van der Waals surface area contributed by atoms with Crippen LogP contribution in [0.15, 0.2) is 34.9 Å². The average molecular weight is 347 g/mol. The molecule has 0 aromatic rings. The van der Waals surface area contributed by atoms with E-state index in [9.17, 15) is 4.79 Å². The van der Waals surface area contributed by atoms with Crippen molar-refractivity contribution in [3.05, 3.63) is 34.9 Å². The minimum absolute atomic E-state index is 0.104. The van der Waals surface area contributed by atoms with E-state index < -0.39 is 0 Å². The predicted molar refractivity (Wildman–Crippen MR) is 107 cm³/mol. The maximum atomic E-state index is 12.3. The van der Waals surface area contributed by atoms with Crippen LogP contribution in [0.1, 0.15) is 81.1 Å². The van der Waals surface area contributed by atoms with Crippen LogP contribution in [0.4, 0.5) is 0 Å². The topological polar surface area (TPSA) is 26.3 Å². The highest BCUT2D eigenvalue weighted by Gasteiger charge is 2.27. The maximum Gasteiger partial charge on any atom is 0.334 e. The molecule has 0 N–H and O–H groups in total. The summed E-state index contributed by atoms with van der Waals surface area (Å²) in [7, 11) is 0. The molecule has 0 bridgehead atoms. The fraction of sp³-hybridized carbons (Fsp3) is 0.696. The van der Waals surface area contributed by atoms with E-state index in [0.29, 0.717) is 12.5 Å². The van der Waals surface area contributed by atoms with E-state index in [2.05, 4.69) is 67.5 Å². The van der Waals surface area contributed by atoms with Crippen LogP contribution in [0.5, 0.6) is 0 Å². The van der Waals surface area contributed by atoms with Crippen LogP contribution >= 0.6 is 0 Å². The minimum Gasteiger partial charge on any atom is -0.462 e. The Balaban J connectivity index is 2.64. The summed E-state index contributed by atoms with van der Waals surface area (Å²) < 4.78 is 5.41. The van der Waals surface area contributed by atoms with Crippen LogP contribution in [-0.2, 0) is 9.53 Å². The molecule has 0 spiro atoms. The molecular weight excluding hydrogens is 308 g/mol. The summed E-state index contributed by atoms with van der Waals surface area (Å²) >= 11 is 0. The lowest BCUT2D eigenvalue weighted by atomic mass is 9.75. The third kappa shape index (κ3) is 7.22. The van der Waals surface area contributed by atoms with Crippen LogP contribution in [-0.4, -0.2) is 12.6 Å². The molecule has 2 nitrogen and oxygen atoms in total. The molecule has 1 aliphatic carbocycles. The van der Waals surface area contributed by atoms with Crippen molar-refractivity contribution in [3.8, 4) is 0 Å². The molecule has 0 heterocycles. The number of ether oxygens (including phenoxy) is 1. The van der Waals surface area contributed by atoms with E-state index in [0.717, 1.165) is 31.3 Å². The molecule has 0 amide bonds. The number of allylic oxidation sites excluding steroid dienone is 5. The van der Waals surface area contributed by atoms with Crippen molar-refractivity contribution in [1.82, 2.24) is 0 Å². The zero-order valence-corrected chi connectivity index (χ0v) is 17.7. The molecule has 0 saturated carbocycles. The van der Waals surface area contributed by atoms with Gasteiger partial charge in [-0.1, -0.05) is 77.8 Å². The predicted octanol–water partition coefficient (Wildman–Crippen LogP) is 6.63. The van der Waals surface area contributed by atoms with E-state index in [4.69, 9.17) is 4.74 Å². The Morgan fingerprint density at radius 3 is 2.40 bits per heavy atom. The number of carbonyl (C=O) groups excluding carboxylic acids is 1. The molecule has 0 fully saturated rings. The Hall–Kier alpha value is -1.31. The minimum atomic E-state index is -0.140. The van der Waals surface area contributed by atoms with Gasteiger partial charge in [0.25, 0.3) is 0 Å². The summed E-state index contributed by atoms with van der Waals surface area (Å²) in [5.74, 6) is 0.232. The molecule has 0 atom stereocenters. The maximum absolute atomic E-state index is 12.3. The summed E-state index contributed by atoms with van der Waals surface area (Å²) in [4.78, 5) is 12.3. The fourth-order valence-corrected chi connectivity index (χ4v) is 2.82. The summed E-state index contributed by atoms with van der Waals surface area (Å²) in [6.45, 7) is 18.2. The number of rotatable bonds is 7. The highest BCUT2D eigenvalue weighted by atomic mass is 16.5. The van der Waals surface area contributed by atoms with E-state index in [1.54, 1.807) is 0 Å². The van der Waals surface area contributed by atoms with Gasteiger partial charge in [-0.3, -0.25) is 0 Å². The van der Waals surface area contributed by atoms with E-state index >= 15 is 0 Å². The van der Waals surface area contributed by atoms with Crippen molar-refractivity contribution in [1.29, 1.82) is 0 Å². The second-order valence-electron chi connectivity index (χ2n) is 9.42. The number of hydrogen-bond donors (Lipinski definition) is 0. The lowest BCUT2D eigenvalue weighted by Gasteiger charge is -2.30. The zero-order chi connectivity index (χ0) is 19.3. The summed E-state index contributed by atoms with van der Waals surface area (Å²) in [6.07, 6.45) is 10.4. The molecule has 1 rings (SSSR count). The normalized spacial score (nSPS) is 16.6. The Kier molecular flexibility index (Phi) is 7.71. The van der Waals surface area contributed by atoms with Gasteiger partial charge in [0.05, 0.1) is 6.61 Å². The molecule has 0 unspecified atom stereocenters. The SMILES string of the molecule is C/C(=C\CCC(C)(C)C1=CCC=C(C(=O)OCC(C)C)C1)C(C)(C)C. The largest absolute Gasteiger partial charge is 0.462 e. The van der Waals surface area contributed by atoms with Crippen molar-refractivity contribution in [2.75, 3.05) is 6.61 Å². The van der Waals surface area contributed by atoms with Gasteiger partial charge in [0.1, 0.15) is 0 Å². The first-order valence-corrected chi connectivity index (χ1v) is 9.66. The van der Waals surface area contributed by atoms with Gasteiger partial charge in [-0.05, 0) is 42.9 Å². The summed E-state index contributed by atoms with van der Waals surface area (Å²) in [5.41, 5.74) is 3.98. The van der Waals surface area contributed by atoms with Gasteiger partial charge in [0.2, 0.25) is 0 Å². The van der Waals surface area contributed by atoms with E-state index in [1.807, 2.05) is 6.08 Å². The molecule has 2 heteroatoms.